The summed E-state index contributed by atoms with van der Waals surface area (Å²) in [6.45, 7) is 0. The number of thiazole rings is 1. The molecule has 15 heavy (non-hydrogen) atoms. The SMILES string of the molecule is N#Cc1csc(-c2cn[nH]c2C(=O)O)n1. The number of nitrogens with zero attached hydrogens (tertiary/aromatic N) is 3. The Morgan fingerprint density at radius 1 is 1.67 bits per heavy atom. The second-order valence-electron chi connectivity index (χ2n) is 2.61. The largest absolute Gasteiger partial charge is 0.477 e. The van der Waals surface area contributed by atoms with Gasteiger partial charge in [-0.3, -0.25) is 5.10 Å². The number of aromatic amines is 1. The molecule has 0 atom stereocenters. The van der Waals surface area contributed by atoms with Gasteiger partial charge in [-0.1, -0.05) is 0 Å². The van der Waals surface area contributed by atoms with Gasteiger partial charge in [0.2, 0.25) is 0 Å². The number of carboxylic acid groups (broad SMARTS) is 1. The summed E-state index contributed by atoms with van der Waals surface area (Å²) in [5.41, 5.74) is 0.648. The van der Waals surface area contributed by atoms with Crippen LogP contribution in [0.2, 0.25) is 0 Å². The van der Waals surface area contributed by atoms with Crippen LogP contribution in [0, 0.1) is 11.3 Å². The van der Waals surface area contributed by atoms with Gasteiger partial charge in [-0.15, -0.1) is 11.3 Å². The van der Waals surface area contributed by atoms with Gasteiger partial charge >= 0.3 is 5.97 Å². The van der Waals surface area contributed by atoms with E-state index in [0.717, 1.165) is 0 Å². The molecule has 0 bridgehead atoms. The van der Waals surface area contributed by atoms with Crippen LogP contribution in [0.3, 0.4) is 0 Å². The number of hydrogen-bond donors (Lipinski definition) is 2. The van der Waals surface area contributed by atoms with Crippen molar-refractivity contribution in [1.29, 1.82) is 5.26 Å². The summed E-state index contributed by atoms with van der Waals surface area (Å²) >= 11 is 1.21. The highest BCUT2D eigenvalue weighted by atomic mass is 32.1. The fraction of sp³-hybridized carbons (Fsp3) is 0. The Kier molecular flexibility index (Phi) is 2.19. The minimum Gasteiger partial charge on any atom is -0.477 e. The van der Waals surface area contributed by atoms with Crippen LogP contribution >= 0.6 is 11.3 Å². The fourth-order valence-electron chi connectivity index (χ4n) is 1.06. The molecular weight excluding hydrogens is 216 g/mol. The molecule has 2 rings (SSSR count). The van der Waals surface area contributed by atoms with Crippen LogP contribution in [0.15, 0.2) is 11.6 Å². The molecule has 74 valence electrons. The molecule has 0 aliphatic heterocycles. The van der Waals surface area contributed by atoms with Gasteiger partial charge in [-0.2, -0.15) is 10.4 Å². The average Bonchev–Trinajstić information content (AvgIpc) is 2.85. The van der Waals surface area contributed by atoms with E-state index < -0.39 is 5.97 Å². The number of H-pyrrole nitrogens is 1. The topological polar surface area (TPSA) is 103 Å². The minimum atomic E-state index is -1.10. The number of carboxylic acids is 1. The van der Waals surface area contributed by atoms with Crippen molar-refractivity contribution < 1.29 is 9.90 Å². The van der Waals surface area contributed by atoms with Crippen LogP contribution in [0.25, 0.3) is 10.6 Å². The number of nitrogens with one attached hydrogen (secondary N) is 1. The van der Waals surface area contributed by atoms with E-state index in [1.165, 1.54) is 17.5 Å². The predicted molar refractivity (Wildman–Crippen MR) is 51.4 cm³/mol. The van der Waals surface area contributed by atoms with Crippen molar-refractivity contribution in [2.24, 2.45) is 0 Å². The van der Waals surface area contributed by atoms with Crippen molar-refractivity contribution in [2.75, 3.05) is 0 Å². The standard InChI is InChI=1S/C8H4N4O2S/c9-1-4-3-15-7(11-4)5-2-10-12-6(5)8(13)14/h2-3H,(H,10,12)(H,13,14). The second kappa shape index (κ2) is 3.51. The quantitative estimate of drug-likeness (QED) is 0.788. The molecule has 0 saturated heterocycles. The van der Waals surface area contributed by atoms with Gasteiger partial charge in [0, 0.05) is 5.38 Å². The van der Waals surface area contributed by atoms with E-state index in [1.54, 1.807) is 5.38 Å². The zero-order valence-corrected chi connectivity index (χ0v) is 8.08. The second-order valence-corrected chi connectivity index (χ2v) is 3.47. The van der Waals surface area contributed by atoms with Crippen LogP contribution in [-0.4, -0.2) is 26.3 Å². The molecule has 0 aromatic carbocycles. The van der Waals surface area contributed by atoms with Crippen molar-refractivity contribution in [1.82, 2.24) is 15.2 Å². The minimum absolute atomic E-state index is 0.0196. The molecule has 0 aliphatic carbocycles. The highest BCUT2D eigenvalue weighted by molar-refractivity contribution is 7.13. The van der Waals surface area contributed by atoms with Gasteiger partial charge in [0.1, 0.15) is 11.1 Å². The number of nitriles is 1. The normalized spacial score (nSPS) is 9.80. The van der Waals surface area contributed by atoms with E-state index in [1.807, 2.05) is 6.07 Å². The van der Waals surface area contributed by atoms with Crippen LogP contribution in [0.1, 0.15) is 16.2 Å². The number of aromatic carboxylic acids is 1. The summed E-state index contributed by atoms with van der Waals surface area (Å²) in [5.74, 6) is -1.10. The molecule has 0 amide bonds. The van der Waals surface area contributed by atoms with Gasteiger partial charge in [0.25, 0.3) is 0 Å². The van der Waals surface area contributed by atoms with Crippen molar-refractivity contribution in [3.8, 4) is 16.6 Å². The van der Waals surface area contributed by atoms with E-state index >= 15 is 0 Å². The molecule has 0 saturated carbocycles. The first-order chi connectivity index (χ1) is 7.22. The maximum absolute atomic E-state index is 10.8. The summed E-state index contributed by atoms with van der Waals surface area (Å²) in [4.78, 5) is 14.7. The lowest BCUT2D eigenvalue weighted by molar-refractivity contribution is 0.0691. The van der Waals surface area contributed by atoms with E-state index in [9.17, 15) is 4.79 Å². The van der Waals surface area contributed by atoms with Gasteiger partial charge in [0.15, 0.2) is 11.4 Å². The first kappa shape index (κ1) is 9.36. The van der Waals surface area contributed by atoms with Crippen LogP contribution in [0.4, 0.5) is 0 Å². The maximum Gasteiger partial charge on any atom is 0.354 e. The van der Waals surface area contributed by atoms with E-state index in [-0.39, 0.29) is 11.4 Å². The zero-order chi connectivity index (χ0) is 10.8. The fourth-order valence-corrected chi connectivity index (χ4v) is 1.82. The summed E-state index contributed by atoms with van der Waals surface area (Å²) < 4.78 is 0. The molecule has 7 heteroatoms. The zero-order valence-electron chi connectivity index (χ0n) is 7.26. The molecule has 2 heterocycles. The number of aromatic nitrogens is 3. The Hall–Kier alpha value is -2.20. The summed E-state index contributed by atoms with van der Waals surface area (Å²) in [5, 5.41) is 25.4. The lowest BCUT2D eigenvalue weighted by Gasteiger charge is -1.91. The third-order valence-electron chi connectivity index (χ3n) is 1.70. The number of hydrogen-bond acceptors (Lipinski definition) is 5. The van der Waals surface area contributed by atoms with E-state index in [2.05, 4.69) is 15.2 Å². The lowest BCUT2D eigenvalue weighted by atomic mass is 10.2. The summed E-state index contributed by atoms with van der Waals surface area (Å²) in [7, 11) is 0. The van der Waals surface area contributed by atoms with Gasteiger partial charge in [-0.25, -0.2) is 9.78 Å². The first-order valence-electron chi connectivity index (χ1n) is 3.85. The Balaban J connectivity index is 2.50. The third kappa shape index (κ3) is 1.58. The Morgan fingerprint density at radius 3 is 3.07 bits per heavy atom. The Morgan fingerprint density at radius 2 is 2.47 bits per heavy atom. The van der Waals surface area contributed by atoms with Gasteiger partial charge in [-0.05, 0) is 0 Å². The highest BCUT2D eigenvalue weighted by Crippen LogP contribution is 2.25. The highest BCUT2D eigenvalue weighted by Gasteiger charge is 2.16. The van der Waals surface area contributed by atoms with Crippen LogP contribution in [-0.2, 0) is 0 Å². The van der Waals surface area contributed by atoms with Gasteiger partial charge in [0.05, 0.1) is 11.8 Å². The van der Waals surface area contributed by atoms with Crippen molar-refractivity contribution in [3.05, 3.63) is 23.0 Å². The summed E-state index contributed by atoms with van der Waals surface area (Å²) in [6, 6.07) is 1.88. The molecule has 0 unspecified atom stereocenters. The van der Waals surface area contributed by atoms with E-state index in [4.69, 9.17) is 10.4 Å². The Bertz CT molecular complexity index is 551. The lowest BCUT2D eigenvalue weighted by Crippen LogP contribution is -1.98. The molecular formula is C8H4N4O2S. The first-order valence-corrected chi connectivity index (χ1v) is 4.73. The smallest absolute Gasteiger partial charge is 0.354 e. The molecule has 0 spiro atoms. The molecule has 2 aromatic rings. The molecule has 0 fully saturated rings. The number of rotatable bonds is 2. The summed E-state index contributed by atoms with van der Waals surface area (Å²) in [6.07, 6.45) is 1.38. The predicted octanol–water partition coefficient (Wildman–Crippen LogP) is 1.10. The van der Waals surface area contributed by atoms with Crippen molar-refractivity contribution >= 4 is 17.3 Å². The average molecular weight is 220 g/mol. The van der Waals surface area contributed by atoms with Crippen molar-refractivity contribution in [2.45, 2.75) is 0 Å². The maximum atomic E-state index is 10.8. The molecule has 2 N–H and O–H groups in total. The number of carbonyl (C=O) groups is 1. The molecule has 0 aliphatic rings. The van der Waals surface area contributed by atoms with Crippen LogP contribution in [0.5, 0.6) is 0 Å². The monoisotopic (exact) mass is 220 g/mol. The van der Waals surface area contributed by atoms with Gasteiger partial charge < -0.3 is 5.11 Å². The third-order valence-corrected chi connectivity index (χ3v) is 2.58. The molecule has 2 aromatic heterocycles. The van der Waals surface area contributed by atoms with Crippen LogP contribution < -0.4 is 0 Å². The Labute approximate surface area is 87.8 Å². The van der Waals surface area contributed by atoms with E-state index in [0.29, 0.717) is 10.6 Å². The van der Waals surface area contributed by atoms with Crippen molar-refractivity contribution in [3.63, 3.8) is 0 Å². The molecule has 6 nitrogen and oxygen atoms in total. The molecule has 0 radical (unpaired) electrons.